The van der Waals surface area contributed by atoms with E-state index in [0.717, 1.165) is 33.9 Å². The fourth-order valence-electron chi connectivity index (χ4n) is 2.81. The second kappa shape index (κ2) is 12.1. The van der Waals surface area contributed by atoms with Gasteiger partial charge in [-0.25, -0.2) is 4.98 Å². The summed E-state index contributed by atoms with van der Waals surface area (Å²) in [6.07, 6.45) is -3.13. The normalized spacial score (nSPS) is 13.5. The molecule has 13 heteroatoms. The molecule has 3 atom stereocenters. The van der Waals surface area contributed by atoms with Crippen molar-refractivity contribution >= 4 is 46.9 Å². The van der Waals surface area contributed by atoms with E-state index < -0.39 is 54.4 Å². The van der Waals surface area contributed by atoms with E-state index in [0.29, 0.717) is 11.0 Å². The molecule has 0 spiro atoms. The first kappa shape index (κ1) is 26.0. The Morgan fingerprint density at radius 2 is 1.65 bits per heavy atom. The molecule has 1 aromatic heterocycles. The predicted molar refractivity (Wildman–Crippen MR) is 118 cm³/mol. The van der Waals surface area contributed by atoms with Gasteiger partial charge >= 0.3 is 23.9 Å². The molecule has 0 amide bonds. The van der Waals surface area contributed by atoms with Crippen molar-refractivity contribution in [2.75, 3.05) is 12.0 Å². The van der Waals surface area contributed by atoms with Crippen LogP contribution in [0.4, 0.5) is 5.82 Å². The minimum Gasteiger partial charge on any atom is -0.462 e. The van der Waals surface area contributed by atoms with Crippen molar-refractivity contribution in [2.24, 2.45) is 5.10 Å². The van der Waals surface area contributed by atoms with E-state index in [-0.39, 0.29) is 5.82 Å². The zero-order valence-corrected chi connectivity index (χ0v) is 18.9. The highest BCUT2D eigenvalue weighted by Gasteiger charge is 2.37. The molecule has 182 valence electrons. The summed E-state index contributed by atoms with van der Waals surface area (Å²) in [6.45, 7) is 3.93. The molecule has 0 fully saturated rings. The van der Waals surface area contributed by atoms with Crippen molar-refractivity contribution in [2.45, 2.75) is 46.0 Å². The lowest BCUT2D eigenvalue weighted by atomic mass is 10.1. The largest absolute Gasteiger partial charge is 0.462 e. The number of esters is 4. The number of nitrogens with zero attached hydrogens (tertiary/aromatic N) is 2. The third-order valence-electron chi connectivity index (χ3n) is 4.05. The van der Waals surface area contributed by atoms with Crippen LogP contribution in [0.3, 0.4) is 0 Å². The molecule has 1 heterocycles. The quantitative estimate of drug-likeness (QED) is 0.213. The van der Waals surface area contributed by atoms with Crippen LogP contribution in [0.15, 0.2) is 34.2 Å². The monoisotopic (exact) mass is 476 g/mol. The van der Waals surface area contributed by atoms with Gasteiger partial charge in [-0.2, -0.15) is 5.10 Å². The van der Waals surface area contributed by atoms with Gasteiger partial charge in [0.15, 0.2) is 18.3 Å². The van der Waals surface area contributed by atoms with Crippen LogP contribution in [0.1, 0.15) is 27.7 Å². The number of carbonyl (C=O) groups is 4. The predicted octanol–water partition coefficient (Wildman–Crippen LogP) is 0.679. The zero-order valence-electron chi connectivity index (χ0n) is 18.9. The van der Waals surface area contributed by atoms with Gasteiger partial charge in [0, 0.05) is 27.7 Å². The van der Waals surface area contributed by atoms with E-state index >= 15 is 0 Å². The Labute approximate surface area is 193 Å². The number of fused-ring (bicyclic) bond motifs is 1. The van der Waals surface area contributed by atoms with Crippen LogP contribution in [-0.4, -0.2) is 65.0 Å². The summed E-state index contributed by atoms with van der Waals surface area (Å²) in [5.74, 6) is -3.17. The third kappa shape index (κ3) is 8.00. The summed E-state index contributed by atoms with van der Waals surface area (Å²) in [6, 6.07) is 6.82. The molecule has 2 rings (SSSR count). The summed E-state index contributed by atoms with van der Waals surface area (Å²) in [5, 5.41) is 3.87. The van der Waals surface area contributed by atoms with Gasteiger partial charge in [0.25, 0.3) is 5.56 Å². The molecule has 0 bridgehead atoms. The van der Waals surface area contributed by atoms with Gasteiger partial charge < -0.3 is 23.9 Å². The first-order chi connectivity index (χ1) is 16.1. The molecule has 2 aromatic rings. The molecule has 13 nitrogen and oxygen atoms in total. The van der Waals surface area contributed by atoms with E-state index in [1.165, 1.54) is 0 Å². The lowest BCUT2D eigenvalue weighted by molar-refractivity contribution is -0.183. The average molecular weight is 476 g/mol. The first-order valence-electron chi connectivity index (χ1n) is 10.00. The van der Waals surface area contributed by atoms with Crippen molar-refractivity contribution in [3.8, 4) is 0 Å². The number of anilines is 1. The van der Waals surface area contributed by atoms with Crippen LogP contribution in [0, 0.1) is 0 Å². The molecule has 0 saturated carbocycles. The maximum atomic E-state index is 12.2. The lowest BCUT2D eigenvalue weighted by Crippen LogP contribution is -2.48. The highest BCUT2D eigenvalue weighted by Crippen LogP contribution is 2.15. The van der Waals surface area contributed by atoms with Gasteiger partial charge in [-0.05, 0) is 12.1 Å². The molecule has 0 saturated heterocycles. The summed E-state index contributed by atoms with van der Waals surface area (Å²) in [4.78, 5) is 65.2. The standard InChI is InChI=1S/C21H24N4O9/c1-11(26)31-10-18(33-13(3)28)19(34-14(4)29)17(32-12(2)27)9-22-25-20-21(30)24-16-8-6-5-7-15(16)23-20/h5-9,17-19H,10H2,1-4H3,(H,23,25)(H,24,30). The molecule has 0 aliphatic heterocycles. The number of hydrazone groups is 1. The maximum absolute atomic E-state index is 12.2. The molecule has 2 N–H and O–H groups in total. The van der Waals surface area contributed by atoms with Crippen LogP contribution in [0.2, 0.25) is 0 Å². The number of H-pyrrole nitrogens is 1. The number of nitrogens with one attached hydrogen (secondary N) is 2. The van der Waals surface area contributed by atoms with Crippen molar-refractivity contribution in [3.05, 3.63) is 34.6 Å². The van der Waals surface area contributed by atoms with Crippen molar-refractivity contribution in [3.63, 3.8) is 0 Å². The Bertz CT molecular complexity index is 1140. The van der Waals surface area contributed by atoms with Gasteiger partial charge in [0.05, 0.1) is 17.2 Å². The van der Waals surface area contributed by atoms with Crippen molar-refractivity contribution in [1.82, 2.24) is 9.97 Å². The van der Waals surface area contributed by atoms with Gasteiger partial charge in [-0.1, -0.05) is 12.1 Å². The summed E-state index contributed by atoms with van der Waals surface area (Å²) in [5.41, 5.74) is 2.88. The van der Waals surface area contributed by atoms with Crippen molar-refractivity contribution < 1.29 is 38.1 Å². The van der Waals surface area contributed by atoms with Crippen LogP contribution >= 0.6 is 0 Å². The van der Waals surface area contributed by atoms with Gasteiger partial charge in [-0.15, -0.1) is 0 Å². The number of para-hydroxylation sites is 2. The van der Waals surface area contributed by atoms with E-state index in [1.807, 2.05) is 0 Å². The van der Waals surface area contributed by atoms with E-state index in [1.54, 1.807) is 24.3 Å². The SMILES string of the molecule is CC(=O)OCC(OC(C)=O)C(OC(C)=O)C(C=NNc1nc2ccccc2[nH]c1=O)OC(C)=O. The number of ether oxygens (including phenoxy) is 4. The minimum absolute atomic E-state index is 0.156. The number of carbonyl (C=O) groups excluding carboxylic acids is 4. The Hall–Kier alpha value is -4.29. The molecular formula is C21H24N4O9. The van der Waals surface area contributed by atoms with Gasteiger partial charge in [-0.3, -0.25) is 29.4 Å². The Balaban J connectivity index is 2.35. The van der Waals surface area contributed by atoms with E-state index in [9.17, 15) is 24.0 Å². The summed E-state index contributed by atoms with van der Waals surface area (Å²) < 4.78 is 20.4. The highest BCUT2D eigenvalue weighted by molar-refractivity contribution is 5.76. The second-order valence-electron chi connectivity index (χ2n) is 6.92. The van der Waals surface area contributed by atoms with E-state index in [4.69, 9.17) is 18.9 Å². The Kier molecular flexibility index (Phi) is 9.23. The van der Waals surface area contributed by atoms with Crippen LogP contribution in [0.25, 0.3) is 11.0 Å². The molecular weight excluding hydrogens is 452 g/mol. The lowest BCUT2D eigenvalue weighted by Gasteiger charge is -2.29. The first-order valence-corrected chi connectivity index (χ1v) is 10.00. The molecule has 3 unspecified atom stereocenters. The van der Waals surface area contributed by atoms with Gasteiger partial charge in [0.2, 0.25) is 5.82 Å². The number of benzene rings is 1. The fourth-order valence-corrected chi connectivity index (χ4v) is 2.81. The number of aromatic nitrogens is 2. The van der Waals surface area contributed by atoms with Gasteiger partial charge in [0.1, 0.15) is 6.61 Å². The van der Waals surface area contributed by atoms with Crippen molar-refractivity contribution in [1.29, 1.82) is 0 Å². The summed E-state index contributed by atoms with van der Waals surface area (Å²) in [7, 11) is 0. The molecule has 1 aromatic carbocycles. The number of rotatable bonds is 10. The Morgan fingerprint density at radius 3 is 2.26 bits per heavy atom. The van der Waals surface area contributed by atoms with Crippen LogP contribution in [0.5, 0.6) is 0 Å². The molecule has 0 radical (unpaired) electrons. The second-order valence-corrected chi connectivity index (χ2v) is 6.92. The van der Waals surface area contributed by atoms with Crippen LogP contribution in [-0.2, 0) is 38.1 Å². The molecule has 0 aliphatic carbocycles. The highest BCUT2D eigenvalue weighted by atomic mass is 16.6. The summed E-state index contributed by atoms with van der Waals surface area (Å²) >= 11 is 0. The third-order valence-corrected chi connectivity index (χ3v) is 4.05. The Morgan fingerprint density at radius 1 is 1.00 bits per heavy atom. The fraction of sp³-hybridized carbons (Fsp3) is 0.381. The topological polar surface area (TPSA) is 175 Å². The smallest absolute Gasteiger partial charge is 0.303 e. The average Bonchev–Trinajstić information content (AvgIpc) is 2.74. The number of aromatic amines is 1. The van der Waals surface area contributed by atoms with E-state index in [2.05, 4.69) is 20.5 Å². The molecule has 34 heavy (non-hydrogen) atoms. The zero-order chi connectivity index (χ0) is 25.3. The molecule has 0 aliphatic rings. The maximum Gasteiger partial charge on any atom is 0.303 e. The number of hydrogen-bond donors (Lipinski definition) is 2. The number of hydrogen-bond acceptors (Lipinski definition) is 12. The van der Waals surface area contributed by atoms with Crippen LogP contribution < -0.4 is 11.0 Å². The minimum atomic E-state index is -1.43.